The molecule has 0 aliphatic heterocycles. The summed E-state index contributed by atoms with van der Waals surface area (Å²) >= 11 is 0. The minimum atomic E-state index is -0.306. The van der Waals surface area contributed by atoms with Crippen LogP contribution in [0, 0.1) is 0 Å². The summed E-state index contributed by atoms with van der Waals surface area (Å²) in [6.45, 7) is 7.57. The third-order valence-electron chi connectivity index (χ3n) is 1.65. The quantitative estimate of drug-likeness (QED) is 0.429. The Morgan fingerprint density at radius 2 is 1.46 bits per heavy atom. The van der Waals surface area contributed by atoms with Gasteiger partial charge in [0.05, 0.1) is 12.2 Å². The molecule has 4 heteroatoms. The molecule has 0 fully saturated rings. The van der Waals surface area contributed by atoms with Crippen LogP contribution in [0.4, 0.5) is 0 Å². The molecule has 0 aromatic carbocycles. The average molecular weight is 190 g/mol. The van der Waals surface area contributed by atoms with Gasteiger partial charge in [0.1, 0.15) is 0 Å². The van der Waals surface area contributed by atoms with Crippen molar-refractivity contribution in [2.75, 3.05) is 19.6 Å². The van der Waals surface area contributed by atoms with Gasteiger partial charge in [-0.2, -0.15) is 0 Å². The summed E-state index contributed by atoms with van der Waals surface area (Å²) in [5.74, 6) is 0. The molecule has 3 unspecified atom stereocenters. The number of hydrogen-bond donors (Lipinski definition) is 4. The SMILES string of the molecule is CC(O)CNCC(C)NCC(C)O. The van der Waals surface area contributed by atoms with Crippen LogP contribution in [0.2, 0.25) is 0 Å². The maximum atomic E-state index is 8.99. The predicted molar refractivity (Wildman–Crippen MR) is 53.7 cm³/mol. The van der Waals surface area contributed by atoms with E-state index in [2.05, 4.69) is 10.6 Å². The molecule has 0 amide bonds. The van der Waals surface area contributed by atoms with Gasteiger partial charge in [0.15, 0.2) is 0 Å². The first-order valence-corrected chi connectivity index (χ1v) is 4.82. The van der Waals surface area contributed by atoms with Crippen molar-refractivity contribution in [2.24, 2.45) is 0 Å². The van der Waals surface area contributed by atoms with Crippen molar-refractivity contribution in [3.63, 3.8) is 0 Å². The topological polar surface area (TPSA) is 64.5 Å². The van der Waals surface area contributed by atoms with E-state index < -0.39 is 0 Å². The lowest BCUT2D eigenvalue weighted by molar-refractivity contribution is 0.181. The Hall–Kier alpha value is -0.160. The first kappa shape index (κ1) is 12.8. The van der Waals surface area contributed by atoms with E-state index in [-0.39, 0.29) is 12.2 Å². The maximum absolute atomic E-state index is 8.99. The van der Waals surface area contributed by atoms with Crippen LogP contribution in [0.1, 0.15) is 20.8 Å². The molecular weight excluding hydrogens is 168 g/mol. The maximum Gasteiger partial charge on any atom is 0.0636 e. The lowest BCUT2D eigenvalue weighted by Crippen LogP contribution is -2.41. The Kier molecular flexibility index (Phi) is 7.17. The molecule has 0 saturated heterocycles. The van der Waals surface area contributed by atoms with E-state index in [0.717, 1.165) is 6.54 Å². The summed E-state index contributed by atoms with van der Waals surface area (Å²) in [6, 6.07) is 0.313. The normalized spacial score (nSPS) is 18.2. The van der Waals surface area contributed by atoms with Crippen molar-refractivity contribution in [1.29, 1.82) is 0 Å². The summed E-state index contributed by atoms with van der Waals surface area (Å²) in [4.78, 5) is 0. The molecule has 0 spiro atoms. The van der Waals surface area contributed by atoms with Crippen LogP contribution in [-0.4, -0.2) is 48.1 Å². The Balaban J connectivity index is 3.25. The number of nitrogens with one attached hydrogen (secondary N) is 2. The molecule has 0 aliphatic rings. The fourth-order valence-corrected chi connectivity index (χ4v) is 0.953. The molecule has 4 nitrogen and oxygen atoms in total. The molecule has 0 aromatic rings. The van der Waals surface area contributed by atoms with Crippen molar-refractivity contribution in [2.45, 2.75) is 39.0 Å². The summed E-state index contributed by atoms with van der Waals surface area (Å²) in [5.41, 5.74) is 0. The third kappa shape index (κ3) is 9.76. The van der Waals surface area contributed by atoms with E-state index in [1.54, 1.807) is 13.8 Å². The van der Waals surface area contributed by atoms with Gasteiger partial charge in [0, 0.05) is 25.7 Å². The van der Waals surface area contributed by atoms with E-state index in [1.807, 2.05) is 6.92 Å². The van der Waals surface area contributed by atoms with Gasteiger partial charge in [-0.25, -0.2) is 0 Å². The van der Waals surface area contributed by atoms with Crippen LogP contribution in [0.25, 0.3) is 0 Å². The minimum Gasteiger partial charge on any atom is -0.392 e. The number of aliphatic hydroxyl groups excluding tert-OH is 2. The van der Waals surface area contributed by atoms with Crippen LogP contribution in [0.5, 0.6) is 0 Å². The van der Waals surface area contributed by atoms with E-state index in [1.165, 1.54) is 0 Å². The van der Waals surface area contributed by atoms with E-state index in [9.17, 15) is 0 Å². The molecule has 0 radical (unpaired) electrons. The second-order valence-electron chi connectivity index (χ2n) is 3.67. The van der Waals surface area contributed by atoms with E-state index >= 15 is 0 Å². The highest BCUT2D eigenvalue weighted by atomic mass is 16.3. The summed E-state index contributed by atoms with van der Waals surface area (Å²) in [6.07, 6.45) is -0.608. The van der Waals surface area contributed by atoms with Gasteiger partial charge in [-0.15, -0.1) is 0 Å². The highest BCUT2D eigenvalue weighted by Crippen LogP contribution is 1.82. The largest absolute Gasteiger partial charge is 0.392 e. The molecule has 3 atom stereocenters. The van der Waals surface area contributed by atoms with Crippen molar-refractivity contribution in [1.82, 2.24) is 10.6 Å². The summed E-state index contributed by atoms with van der Waals surface area (Å²) < 4.78 is 0. The highest BCUT2D eigenvalue weighted by molar-refractivity contribution is 4.66. The van der Waals surface area contributed by atoms with E-state index in [0.29, 0.717) is 19.1 Å². The average Bonchev–Trinajstić information content (AvgIpc) is 2.00. The molecule has 0 heterocycles. The zero-order chi connectivity index (χ0) is 10.3. The van der Waals surface area contributed by atoms with Crippen LogP contribution in [-0.2, 0) is 0 Å². The summed E-state index contributed by atoms with van der Waals surface area (Å²) in [5, 5.41) is 24.2. The van der Waals surface area contributed by atoms with Crippen molar-refractivity contribution >= 4 is 0 Å². The van der Waals surface area contributed by atoms with Gasteiger partial charge in [0.25, 0.3) is 0 Å². The van der Waals surface area contributed by atoms with E-state index in [4.69, 9.17) is 10.2 Å². The molecular formula is C9H22N2O2. The van der Waals surface area contributed by atoms with Gasteiger partial charge in [-0.3, -0.25) is 0 Å². The standard InChI is InChI=1S/C9H22N2O2/c1-7(11-6-9(3)13)4-10-5-8(2)12/h7-13H,4-6H2,1-3H3. The third-order valence-corrected chi connectivity index (χ3v) is 1.65. The second-order valence-corrected chi connectivity index (χ2v) is 3.67. The van der Waals surface area contributed by atoms with Gasteiger partial charge < -0.3 is 20.8 Å². The Bertz CT molecular complexity index is 118. The first-order chi connectivity index (χ1) is 6.02. The van der Waals surface area contributed by atoms with Gasteiger partial charge in [-0.05, 0) is 20.8 Å². The fourth-order valence-electron chi connectivity index (χ4n) is 0.953. The first-order valence-electron chi connectivity index (χ1n) is 4.82. The number of hydrogen-bond acceptors (Lipinski definition) is 4. The zero-order valence-corrected chi connectivity index (χ0v) is 8.75. The van der Waals surface area contributed by atoms with Crippen LogP contribution < -0.4 is 10.6 Å². The molecule has 4 N–H and O–H groups in total. The zero-order valence-electron chi connectivity index (χ0n) is 8.75. The van der Waals surface area contributed by atoms with Crippen LogP contribution >= 0.6 is 0 Å². The molecule has 13 heavy (non-hydrogen) atoms. The number of rotatable bonds is 7. The molecule has 0 aromatic heterocycles. The van der Waals surface area contributed by atoms with Crippen molar-refractivity contribution < 1.29 is 10.2 Å². The van der Waals surface area contributed by atoms with Gasteiger partial charge >= 0.3 is 0 Å². The van der Waals surface area contributed by atoms with Crippen LogP contribution in [0.15, 0.2) is 0 Å². The Morgan fingerprint density at radius 1 is 0.923 bits per heavy atom. The lowest BCUT2D eigenvalue weighted by atomic mass is 10.3. The summed E-state index contributed by atoms with van der Waals surface area (Å²) in [7, 11) is 0. The monoisotopic (exact) mass is 190 g/mol. The fraction of sp³-hybridized carbons (Fsp3) is 1.00. The van der Waals surface area contributed by atoms with Crippen LogP contribution in [0.3, 0.4) is 0 Å². The predicted octanol–water partition coefficient (Wildman–Crippen LogP) is -0.684. The lowest BCUT2D eigenvalue weighted by Gasteiger charge is -2.16. The van der Waals surface area contributed by atoms with Crippen molar-refractivity contribution in [3.05, 3.63) is 0 Å². The molecule has 0 saturated carbocycles. The smallest absolute Gasteiger partial charge is 0.0636 e. The minimum absolute atomic E-state index is 0.302. The second kappa shape index (κ2) is 7.26. The Morgan fingerprint density at radius 3 is 1.92 bits per heavy atom. The molecule has 80 valence electrons. The molecule has 0 rings (SSSR count). The van der Waals surface area contributed by atoms with Gasteiger partial charge in [-0.1, -0.05) is 0 Å². The molecule has 0 aliphatic carbocycles. The Labute approximate surface area is 80.3 Å². The highest BCUT2D eigenvalue weighted by Gasteiger charge is 2.02. The molecule has 0 bridgehead atoms. The van der Waals surface area contributed by atoms with Crippen molar-refractivity contribution in [3.8, 4) is 0 Å². The number of aliphatic hydroxyl groups is 2. The van der Waals surface area contributed by atoms with Gasteiger partial charge in [0.2, 0.25) is 0 Å².